The molecule has 0 spiro atoms. The summed E-state index contributed by atoms with van der Waals surface area (Å²) in [5, 5.41) is 4.98. The second-order valence-corrected chi connectivity index (χ2v) is 7.77. The molecule has 0 radical (unpaired) electrons. The second-order valence-electron chi connectivity index (χ2n) is 7.77. The monoisotopic (exact) mass is 500 g/mol. The van der Waals surface area contributed by atoms with Crippen LogP contribution in [0.1, 0.15) is 30.9 Å². The van der Waals surface area contributed by atoms with Gasteiger partial charge in [-0.05, 0) is 29.7 Å². The first-order valence-electron chi connectivity index (χ1n) is 11.6. The lowest BCUT2D eigenvalue weighted by Crippen LogP contribution is -2.47. The van der Waals surface area contributed by atoms with Crippen molar-refractivity contribution >= 4 is 23.9 Å². The van der Waals surface area contributed by atoms with E-state index in [4.69, 9.17) is 14.2 Å². The molecule has 0 heterocycles. The van der Waals surface area contributed by atoms with Crippen LogP contribution in [-0.2, 0) is 41.6 Å². The van der Waals surface area contributed by atoms with E-state index in [9.17, 15) is 19.2 Å². The third kappa shape index (κ3) is 10.9. The average molecular weight is 501 g/mol. The molecule has 2 N–H and O–H groups in total. The van der Waals surface area contributed by atoms with E-state index in [-0.39, 0.29) is 32.8 Å². The fraction of sp³-hybridized carbons (Fsp3) is 0.385. The molecule has 0 aromatic heterocycles. The van der Waals surface area contributed by atoms with Crippen LogP contribution < -0.4 is 15.4 Å². The Bertz CT molecular complexity index is 979. The largest absolute Gasteiger partial charge is 0.482 e. The van der Waals surface area contributed by atoms with E-state index < -0.39 is 30.0 Å². The SMILES string of the molecule is CCCCOC(=O)[C@H](Cc1ccc(OCC(=O)OC)cc1)NC(=O)CNC(=O)OCc1ccccc1. The molecule has 194 valence electrons. The van der Waals surface area contributed by atoms with E-state index >= 15 is 0 Å². The molecule has 10 nitrogen and oxygen atoms in total. The molecular formula is C26H32N2O8. The summed E-state index contributed by atoms with van der Waals surface area (Å²) < 4.78 is 20.2. The molecule has 0 aliphatic rings. The van der Waals surface area contributed by atoms with E-state index in [1.807, 2.05) is 37.3 Å². The van der Waals surface area contributed by atoms with Crippen LogP contribution in [0.2, 0.25) is 0 Å². The highest BCUT2D eigenvalue weighted by Crippen LogP contribution is 2.14. The fourth-order valence-electron chi connectivity index (χ4n) is 2.94. The van der Waals surface area contributed by atoms with Crippen LogP contribution in [0.4, 0.5) is 4.79 Å². The maximum Gasteiger partial charge on any atom is 0.407 e. The minimum absolute atomic E-state index is 0.0695. The van der Waals surface area contributed by atoms with Crippen LogP contribution in [0.15, 0.2) is 54.6 Å². The van der Waals surface area contributed by atoms with Gasteiger partial charge >= 0.3 is 18.0 Å². The fourth-order valence-corrected chi connectivity index (χ4v) is 2.94. The number of unbranched alkanes of at least 4 members (excludes halogenated alkanes) is 1. The van der Waals surface area contributed by atoms with Crippen molar-refractivity contribution in [1.29, 1.82) is 0 Å². The van der Waals surface area contributed by atoms with Gasteiger partial charge in [-0.3, -0.25) is 4.79 Å². The Kier molecular flexibility index (Phi) is 12.3. The zero-order chi connectivity index (χ0) is 26.2. The molecule has 0 bridgehead atoms. The first kappa shape index (κ1) is 28.2. The number of carbonyl (C=O) groups excluding carboxylic acids is 4. The number of methoxy groups -OCH3 is 1. The van der Waals surface area contributed by atoms with E-state index in [1.165, 1.54) is 7.11 Å². The normalized spacial score (nSPS) is 11.1. The standard InChI is InChI=1S/C26H32N2O8/c1-3-4-14-34-25(31)22(15-19-10-12-21(13-11-19)35-18-24(30)33-2)28-23(29)16-27-26(32)36-17-20-8-6-5-7-9-20/h5-13,22H,3-4,14-18H2,1-2H3,(H,27,32)(H,28,29)/t22-/m0/s1. The van der Waals surface area contributed by atoms with E-state index in [1.54, 1.807) is 24.3 Å². The van der Waals surface area contributed by atoms with Gasteiger partial charge in [-0.25, -0.2) is 14.4 Å². The summed E-state index contributed by atoms with van der Waals surface area (Å²) in [6.07, 6.45) is 0.963. The van der Waals surface area contributed by atoms with Crippen molar-refractivity contribution in [3.63, 3.8) is 0 Å². The Balaban J connectivity index is 1.89. The minimum Gasteiger partial charge on any atom is -0.482 e. The lowest BCUT2D eigenvalue weighted by molar-refractivity contribution is -0.148. The summed E-state index contributed by atoms with van der Waals surface area (Å²) in [6, 6.07) is 14.9. The molecule has 0 aliphatic heterocycles. The first-order chi connectivity index (χ1) is 17.4. The number of carbonyl (C=O) groups is 4. The van der Waals surface area contributed by atoms with Gasteiger partial charge in [-0.1, -0.05) is 55.8 Å². The lowest BCUT2D eigenvalue weighted by Gasteiger charge is -2.18. The predicted molar refractivity (Wildman–Crippen MR) is 130 cm³/mol. The van der Waals surface area contributed by atoms with E-state index in [2.05, 4.69) is 15.4 Å². The number of alkyl carbamates (subject to hydrolysis) is 1. The maximum absolute atomic E-state index is 12.6. The molecule has 36 heavy (non-hydrogen) atoms. The quantitative estimate of drug-likeness (QED) is 0.230. The Morgan fingerprint density at radius 1 is 0.917 bits per heavy atom. The van der Waals surface area contributed by atoms with Gasteiger partial charge in [-0.15, -0.1) is 0 Å². The van der Waals surface area contributed by atoms with Gasteiger partial charge in [0.1, 0.15) is 24.9 Å². The molecule has 10 heteroatoms. The first-order valence-corrected chi connectivity index (χ1v) is 11.6. The third-order valence-corrected chi connectivity index (χ3v) is 4.92. The molecular weight excluding hydrogens is 468 g/mol. The predicted octanol–water partition coefficient (Wildman–Crippen LogP) is 2.54. The molecule has 0 saturated heterocycles. The van der Waals surface area contributed by atoms with Gasteiger partial charge in [0.25, 0.3) is 0 Å². The molecule has 1 atom stereocenters. The van der Waals surface area contributed by atoms with Crippen molar-refractivity contribution < 1.29 is 38.1 Å². The van der Waals surface area contributed by atoms with Crippen LogP contribution in [0, 0.1) is 0 Å². The van der Waals surface area contributed by atoms with Crippen molar-refractivity contribution in [3.8, 4) is 5.75 Å². The number of esters is 2. The third-order valence-electron chi connectivity index (χ3n) is 4.92. The maximum atomic E-state index is 12.6. The van der Waals surface area contributed by atoms with Crippen LogP contribution in [0.25, 0.3) is 0 Å². The van der Waals surface area contributed by atoms with Crippen LogP contribution in [0.5, 0.6) is 5.75 Å². The molecule has 0 aliphatic carbocycles. The molecule has 2 amide bonds. The van der Waals surface area contributed by atoms with Crippen molar-refractivity contribution in [2.45, 2.75) is 38.8 Å². The summed E-state index contributed by atoms with van der Waals surface area (Å²) in [6.45, 7) is 1.69. The Morgan fingerprint density at radius 2 is 1.64 bits per heavy atom. The lowest BCUT2D eigenvalue weighted by atomic mass is 10.1. The molecule has 2 aromatic carbocycles. The number of benzene rings is 2. The summed E-state index contributed by atoms with van der Waals surface area (Å²) in [7, 11) is 1.27. The smallest absolute Gasteiger partial charge is 0.407 e. The number of hydrogen-bond donors (Lipinski definition) is 2. The molecule has 2 rings (SSSR count). The summed E-state index contributed by atoms with van der Waals surface area (Å²) in [5.74, 6) is -1.20. The zero-order valence-corrected chi connectivity index (χ0v) is 20.5. The minimum atomic E-state index is -0.960. The Morgan fingerprint density at radius 3 is 2.31 bits per heavy atom. The molecule has 2 aromatic rings. The highest BCUT2D eigenvalue weighted by molar-refractivity contribution is 5.87. The number of rotatable bonds is 14. The number of hydrogen-bond acceptors (Lipinski definition) is 8. The van der Waals surface area contributed by atoms with Crippen LogP contribution in [0.3, 0.4) is 0 Å². The van der Waals surface area contributed by atoms with Crippen molar-refractivity contribution in [2.75, 3.05) is 26.9 Å². The number of ether oxygens (including phenoxy) is 4. The zero-order valence-electron chi connectivity index (χ0n) is 20.5. The van der Waals surface area contributed by atoms with Crippen LogP contribution >= 0.6 is 0 Å². The van der Waals surface area contributed by atoms with Crippen molar-refractivity contribution in [1.82, 2.24) is 10.6 Å². The van der Waals surface area contributed by atoms with Crippen molar-refractivity contribution in [3.05, 3.63) is 65.7 Å². The van der Waals surface area contributed by atoms with Crippen LogP contribution in [-0.4, -0.2) is 56.8 Å². The second kappa shape index (κ2) is 15.8. The highest BCUT2D eigenvalue weighted by Gasteiger charge is 2.23. The summed E-state index contributed by atoms with van der Waals surface area (Å²) in [5.41, 5.74) is 1.54. The summed E-state index contributed by atoms with van der Waals surface area (Å²) in [4.78, 5) is 48.2. The van der Waals surface area contributed by atoms with Crippen molar-refractivity contribution in [2.24, 2.45) is 0 Å². The van der Waals surface area contributed by atoms with E-state index in [0.29, 0.717) is 12.2 Å². The summed E-state index contributed by atoms with van der Waals surface area (Å²) >= 11 is 0. The number of amides is 2. The van der Waals surface area contributed by atoms with E-state index in [0.717, 1.165) is 17.5 Å². The highest BCUT2D eigenvalue weighted by atomic mass is 16.6. The van der Waals surface area contributed by atoms with Gasteiger partial charge in [0.05, 0.1) is 13.7 Å². The molecule has 0 saturated carbocycles. The average Bonchev–Trinajstić information content (AvgIpc) is 2.90. The van der Waals surface area contributed by atoms with Gasteiger partial charge < -0.3 is 29.6 Å². The topological polar surface area (TPSA) is 129 Å². The van der Waals surface area contributed by atoms with Gasteiger partial charge in [0, 0.05) is 6.42 Å². The molecule has 0 fully saturated rings. The molecule has 0 unspecified atom stereocenters. The van der Waals surface area contributed by atoms with Gasteiger partial charge in [0.2, 0.25) is 5.91 Å². The number of nitrogens with one attached hydrogen (secondary N) is 2. The van der Waals surface area contributed by atoms with Gasteiger partial charge in [0.15, 0.2) is 6.61 Å². The van der Waals surface area contributed by atoms with Gasteiger partial charge in [-0.2, -0.15) is 0 Å². The Labute approximate surface area is 210 Å². The Hall–Kier alpha value is -4.08.